The van der Waals surface area contributed by atoms with E-state index in [0.717, 1.165) is 51.5 Å². The zero-order valence-corrected chi connectivity index (χ0v) is 13.2. The molecule has 0 bridgehead atoms. The molecule has 1 fully saturated rings. The van der Waals surface area contributed by atoms with Gasteiger partial charge in [0.1, 0.15) is 5.75 Å². The van der Waals surface area contributed by atoms with Crippen molar-refractivity contribution in [2.24, 2.45) is 11.7 Å². The molecule has 1 saturated heterocycles. The first kappa shape index (κ1) is 14.8. The van der Waals surface area contributed by atoms with E-state index in [1.165, 1.54) is 11.1 Å². The van der Waals surface area contributed by atoms with Crippen molar-refractivity contribution in [3.8, 4) is 5.75 Å². The fourth-order valence-corrected chi connectivity index (χ4v) is 3.40. The minimum atomic E-state index is 0.0971. The highest BCUT2D eigenvalue weighted by molar-refractivity contribution is 5.45. The normalized spacial score (nSPS) is 27.2. The molecule has 1 aromatic rings. The summed E-state index contributed by atoms with van der Waals surface area (Å²) < 4.78 is 6.07. The molecule has 116 valence electrons. The number of likely N-dealkylation sites (N-methyl/N-ethyl adjacent to an activating group) is 1. The average molecular weight is 289 g/mol. The van der Waals surface area contributed by atoms with E-state index in [0.29, 0.717) is 5.92 Å². The molecule has 2 aliphatic heterocycles. The van der Waals surface area contributed by atoms with Crippen LogP contribution in [0.1, 0.15) is 24.1 Å². The first-order chi connectivity index (χ1) is 10.2. The van der Waals surface area contributed by atoms with Crippen LogP contribution < -0.4 is 10.5 Å². The first-order valence-electron chi connectivity index (χ1n) is 8.10. The molecule has 0 spiro atoms. The molecule has 4 nitrogen and oxygen atoms in total. The third-order valence-corrected chi connectivity index (χ3v) is 4.91. The SMILES string of the molecule is CCc1cccc2c1OCC(CN1CCN(C)CC1)C2N. The molecule has 4 heteroatoms. The molecule has 2 unspecified atom stereocenters. The van der Waals surface area contributed by atoms with Crippen LogP contribution in [0.25, 0.3) is 0 Å². The smallest absolute Gasteiger partial charge is 0.127 e. The largest absolute Gasteiger partial charge is 0.493 e. The number of fused-ring (bicyclic) bond motifs is 1. The Hall–Kier alpha value is -1.10. The molecule has 2 aliphatic rings. The standard InChI is InChI=1S/C17H27N3O/c1-3-13-5-4-6-15-16(18)14(12-21-17(13)15)11-20-9-7-19(2)8-10-20/h4-6,14,16H,3,7-12,18H2,1-2H3. The summed E-state index contributed by atoms with van der Waals surface area (Å²) in [5.74, 6) is 1.44. The summed E-state index contributed by atoms with van der Waals surface area (Å²) in [6.45, 7) is 8.55. The molecule has 2 N–H and O–H groups in total. The van der Waals surface area contributed by atoms with E-state index in [1.807, 2.05) is 0 Å². The highest BCUT2D eigenvalue weighted by Gasteiger charge is 2.31. The fraction of sp³-hybridized carbons (Fsp3) is 0.647. The Morgan fingerprint density at radius 3 is 2.71 bits per heavy atom. The number of benzene rings is 1. The van der Waals surface area contributed by atoms with Crippen molar-refractivity contribution in [3.05, 3.63) is 29.3 Å². The van der Waals surface area contributed by atoms with Crippen molar-refractivity contribution in [1.29, 1.82) is 0 Å². The Kier molecular flexibility index (Phi) is 4.48. The molecule has 1 aromatic carbocycles. The summed E-state index contributed by atoms with van der Waals surface area (Å²) in [5.41, 5.74) is 9.01. The second kappa shape index (κ2) is 6.34. The third-order valence-electron chi connectivity index (χ3n) is 4.91. The number of ether oxygens (including phenoxy) is 1. The van der Waals surface area contributed by atoms with E-state index < -0.39 is 0 Å². The van der Waals surface area contributed by atoms with E-state index in [4.69, 9.17) is 10.5 Å². The van der Waals surface area contributed by atoms with Crippen molar-refractivity contribution in [1.82, 2.24) is 9.80 Å². The number of hydrogen-bond donors (Lipinski definition) is 1. The number of nitrogens with two attached hydrogens (primary N) is 1. The van der Waals surface area contributed by atoms with Crippen molar-refractivity contribution in [2.45, 2.75) is 19.4 Å². The second-order valence-electron chi connectivity index (χ2n) is 6.39. The summed E-state index contributed by atoms with van der Waals surface area (Å²) in [6.07, 6.45) is 0.999. The summed E-state index contributed by atoms with van der Waals surface area (Å²) in [4.78, 5) is 4.92. The van der Waals surface area contributed by atoms with Gasteiger partial charge in [-0.05, 0) is 19.0 Å². The summed E-state index contributed by atoms with van der Waals surface area (Å²) >= 11 is 0. The predicted molar refractivity (Wildman–Crippen MR) is 85.7 cm³/mol. The maximum atomic E-state index is 6.54. The molecular weight excluding hydrogens is 262 g/mol. The number of para-hydroxylation sites is 1. The monoisotopic (exact) mass is 289 g/mol. The van der Waals surface area contributed by atoms with Gasteiger partial charge in [-0.2, -0.15) is 0 Å². The lowest BCUT2D eigenvalue weighted by atomic mass is 9.89. The Morgan fingerprint density at radius 1 is 1.24 bits per heavy atom. The van der Waals surface area contributed by atoms with Gasteiger partial charge in [-0.25, -0.2) is 0 Å². The number of nitrogens with zero attached hydrogens (tertiary/aromatic N) is 2. The maximum Gasteiger partial charge on any atom is 0.127 e. The molecule has 0 aliphatic carbocycles. The van der Waals surface area contributed by atoms with E-state index >= 15 is 0 Å². The summed E-state index contributed by atoms with van der Waals surface area (Å²) in [6, 6.07) is 6.49. The quantitative estimate of drug-likeness (QED) is 0.916. The maximum absolute atomic E-state index is 6.54. The lowest BCUT2D eigenvalue weighted by Gasteiger charge is -2.38. The molecule has 0 amide bonds. The minimum absolute atomic E-state index is 0.0971. The fourth-order valence-electron chi connectivity index (χ4n) is 3.40. The van der Waals surface area contributed by atoms with Crippen LogP contribution in [0.2, 0.25) is 0 Å². The minimum Gasteiger partial charge on any atom is -0.493 e. The Labute approximate surface area is 127 Å². The van der Waals surface area contributed by atoms with E-state index in [9.17, 15) is 0 Å². The molecule has 2 heterocycles. The molecule has 0 radical (unpaired) electrons. The van der Waals surface area contributed by atoms with Crippen molar-refractivity contribution in [2.75, 3.05) is 46.4 Å². The number of aryl methyl sites for hydroxylation is 1. The summed E-state index contributed by atoms with van der Waals surface area (Å²) in [5, 5.41) is 0. The Morgan fingerprint density at radius 2 is 2.00 bits per heavy atom. The predicted octanol–water partition coefficient (Wildman–Crippen LogP) is 1.50. The van der Waals surface area contributed by atoms with Gasteiger partial charge < -0.3 is 20.3 Å². The number of piperazine rings is 1. The molecule has 3 rings (SSSR count). The van der Waals surface area contributed by atoms with E-state index in [1.54, 1.807) is 0 Å². The second-order valence-corrected chi connectivity index (χ2v) is 6.39. The van der Waals surface area contributed by atoms with Crippen LogP contribution in [0.5, 0.6) is 5.75 Å². The molecular formula is C17H27N3O. The van der Waals surface area contributed by atoms with Crippen LogP contribution in [0, 0.1) is 5.92 Å². The summed E-state index contributed by atoms with van der Waals surface area (Å²) in [7, 11) is 2.19. The van der Waals surface area contributed by atoms with Crippen molar-refractivity contribution in [3.63, 3.8) is 0 Å². The molecule has 2 atom stereocenters. The van der Waals surface area contributed by atoms with Gasteiger partial charge in [-0.1, -0.05) is 25.1 Å². The van der Waals surface area contributed by atoms with E-state index in [2.05, 4.69) is 42.0 Å². The lowest BCUT2D eigenvalue weighted by Crippen LogP contribution is -2.48. The molecule has 0 saturated carbocycles. The van der Waals surface area contributed by atoms with Crippen LogP contribution in [0.3, 0.4) is 0 Å². The van der Waals surface area contributed by atoms with Crippen molar-refractivity contribution < 1.29 is 4.74 Å². The topological polar surface area (TPSA) is 41.7 Å². The van der Waals surface area contributed by atoms with Crippen LogP contribution in [0.15, 0.2) is 18.2 Å². The Bertz CT molecular complexity index is 483. The van der Waals surface area contributed by atoms with Crippen LogP contribution in [-0.2, 0) is 6.42 Å². The van der Waals surface area contributed by atoms with Gasteiger partial charge in [0.2, 0.25) is 0 Å². The van der Waals surface area contributed by atoms with Gasteiger partial charge >= 0.3 is 0 Å². The van der Waals surface area contributed by atoms with Gasteiger partial charge in [0.05, 0.1) is 6.61 Å². The highest BCUT2D eigenvalue weighted by Crippen LogP contribution is 2.37. The van der Waals surface area contributed by atoms with Crippen LogP contribution >= 0.6 is 0 Å². The average Bonchev–Trinajstić information content (AvgIpc) is 2.51. The zero-order chi connectivity index (χ0) is 14.8. The van der Waals surface area contributed by atoms with Crippen molar-refractivity contribution >= 4 is 0 Å². The van der Waals surface area contributed by atoms with Gasteiger partial charge in [-0.3, -0.25) is 0 Å². The van der Waals surface area contributed by atoms with Gasteiger partial charge in [0.15, 0.2) is 0 Å². The highest BCUT2D eigenvalue weighted by atomic mass is 16.5. The molecule has 0 aromatic heterocycles. The van der Waals surface area contributed by atoms with Gasteiger partial charge in [0.25, 0.3) is 0 Å². The van der Waals surface area contributed by atoms with Crippen LogP contribution in [0.4, 0.5) is 0 Å². The van der Waals surface area contributed by atoms with E-state index in [-0.39, 0.29) is 6.04 Å². The number of hydrogen-bond acceptors (Lipinski definition) is 4. The zero-order valence-electron chi connectivity index (χ0n) is 13.2. The number of rotatable bonds is 3. The first-order valence-corrected chi connectivity index (χ1v) is 8.10. The van der Waals surface area contributed by atoms with Gasteiger partial charge in [0, 0.05) is 50.2 Å². The van der Waals surface area contributed by atoms with Crippen LogP contribution in [-0.4, -0.2) is 56.2 Å². The lowest BCUT2D eigenvalue weighted by molar-refractivity contribution is 0.0993. The molecule has 21 heavy (non-hydrogen) atoms. The Balaban J connectivity index is 1.69. The van der Waals surface area contributed by atoms with Gasteiger partial charge in [-0.15, -0.1) is 0 Å². The third kappa shape index (κ3) is 3.07.